The number of aromatic nitrogens is 1. The summed E-state index contributed by atoms with van der Waals surface area (Å²) in [6, 6.07) is 13.8. The van der Waals surface area contributed by atoms with Gasteiger partial charge in [-0.1, -0.05) is 36.4 Å². The molecule has 21 heavy (non-hydrogen) atoms. The largest absolute Gasteiger partial charge is 0.478 e. The molecule has 2 aromatic carbocycles. The number of benzene rings is 2. The van der Waals surface area contributed by atoms with E-state index in [4.69, 9.17) is 0 Å². The zero-order valence-corrected chi connectivity index (χ0v) is 11.4. The van der Waals surface area contributed by atoms with Gasteiger partial charge in [-0.25, -0.2) is 4.79 Å². The molecule has 0 aliphatic heterocycles. The number of hydrogen-bond acceptors (Lipinski definition) is 2. The Morgan fingerprint density at radius 1 is 0.905 bits per heavy atom. The van der Waals surface area contributed by atoms with Gasteiger partial charge in [-0.2, -0.15) is 0 Å². The first-order chi connectivity index (χ1) is 10.1. The maximum absolute atomic E-state index is 12.7. The summed E-state index contributed by atoms with van der Waals surface area (Å²) in [4.78, 5) is 24.0. The minimum atomic E-state index is -1.10. The lowest BCUT2D eigenvalue weighted by Gasteiger charge is -2.04. The molecule has 0 fully saturated rings. The van der Waals surface area contributed by atoms with Crippen LogP contribution in [0.3, 0.4) is 0 Å². The minimum absolute atomic E-state index is 0.0236. The summed E-state index contributed by atoms with van der Waals surface area (Å²) in [6.07, 6.45) is 1.74. The highest BCUT2D eigenvalue weighted by atomic mass is 16.4. The summed E-state index contributed by atoms with van der Waals surface area (Å²) in [5, 5.41) is 10.0. The zero-order valence-electron chi connectivity index (χ0n) is 11.4. The molecule has 0 aliphatic carbocycles. The number of carbonyl (C=O) groups is 2. The third-order valence-electron chi connectivity index (χ3n) is 3.54. The van der Waals surface area contributed by atoms with Crippen LogP contribution in [0.1, 0.15) is 26.3 Å². The fourth-order valence-corrected chi connectivity index (χ4v) is 2.54. The Morgan fingerprint density at radius 3 is 2.24 bits per heavy atom. The van der Waals surface area contributed by atoms with Crippen LogP contribution in [-0.2, 0) is 7.05 Å². The van der Waals surface area contributed by atoms with E-state index in [0.29, 0.717) is 5.56 Å². The van der Waals surface area contributed by atoms with E-state index in [1.54, 1.807) is 24.4 Å². The number of rotatable bonds is 3. The molecule has 0 amide bonds. The van der Waals surface area contributed by atoms with Crippen LogP contribution in [0.2, 0.25) is 0 Å². The summed E-state index contributed by atoms with van der Waals surface area (Å²) < 4.78 is 1.87. The quantitative estimate of drug-likeness (QED) is 0.749. The van der Waals surface area contributed by atoms with Crippen molar-refractivity contribution in [2.75, 3.05) is 0 Å². The van der Waals surface area contributed by atoms with Crippen molar-refractivity contribution in [3.63, 3.8) is 0 Å². The number of hydrogen-bond donors (Lipinski definition) is 1. The van der Waals surface area contributed by atoms with E-state index in [2.05, 4.69) is 0 Å². The molecule has 4 nitrogen and oxygen atoms in total. The molecule has 0 saturated heterocycles. The van der Waals surface area contributed by atoms with E-state index in [9.17, 15) is 14.7 Å². The number of carbonyl (C=O) groups excluding carboxylic acids is 1. The Bertz CT molecular complexity index is 861. The molecule has 0 bridgehead atoms. The first kappa shape index (κ1) is 13.1. The van der Waals surface area contributed by atoms with E-state index in [0.717, 1.165) is 10.9 Å². The first-order valence-electron chi connectivity index (χ1n) is 6.50. The van der Waals surface area contributed by atoms with Gasteiger partial charge in [0.15, 0.2) is 5.78 Å². The Labute approximate surface area is 121 Å². The van der Waals surface area contributed by atoms with Gasteiger partial charge in [0, 0.05) is 35.3 Å². The summed E-state index contributed by atoms with van der Waals surface area (Å²) in [7, 11) is 1.86. The molecule has 4 heteroatoms. The van der Waals surface area contributed by atoms with Crippen LogP contribution in [0.5, 0.6) is 0 Å². The van der Waals surface area contributed by atoms with Gasteiger partial charge >= 0.3 is 5.97 Å². The number of aromatic carboxylic acids is 1. The SMILES string of the molecule is Cn1cc(C(=O)c2ccccc2C(=O)O)c2ccccc21. The molecule has 0 unspecified atom stereocenters. The second-order valence-corrected chi connectivity index (χ2v) is 4.85. The molecule has 1 heterocycles. The predicted molar refractivity (Wildman–Crippen MR) is 79.8 cm³/mol. The van der Waals surface area contributed by atoms with Crippen molar-refractivity contribution in [2.45, 2.75) is 0 Å². The van der Waals surface area contributed by atoms with Crippen molar-refractivity contribution in [3.05, 3.63) is 71.4 Å². The molecule has 1 aromatic heterocycles. The molecule has 3 aromatic rings. The molecule has 0 atom stereocenters. The van der Waals surface area contributed by atoms with Crippen molar-refractivity contribution in [3.8, 4) is 0 Å². The van der Waals surface area contributed by atoms with Crippen LogP contribution in [0.15, 0.2) is 54.7 Å². The number of fused-ring (bicyclic) bond motifs is 1. The number of carboxylic acid groups (broad SMARTS) is 1. The van der Waals surface area contributed by atoms with Crippen molar-refractivity contribution in [2.24, 2.45) is 7.05 Å². The lowest BCUT2D eigenvalue weighted by molar-refractivity contribution is 0.0693. The molecular formula is C17H13NO3. The highest BCUT2D eigenvalue weighted by molar-refractivity contribution is 6.19. The molecular weight excluding hydrogens is 266 g/mol. The van der Waals surface area contributed by atoms with Gasteiger partial charge in [-0.15, -0.1) is 0 Å². The Hall–Kier alpha value is -2.88. The van der Waals surface area contributed by atoms with Crippen LogP contribution < -0.4 is 0 Å². The summed E-state index contributed by atoms with van der Waals surface area (Å²) in [5.41, 5.74) is 1.69. The maximum atomic E-state index is 12.7. The maximum Gasteiger partial charge on any atom is 0.336 e. The summed E-state index contributed by atoms with van der Waals surface area (Å²) in [6.45, 7) is 0. The van der Waals surface area contributed by atoms with Crippen molar-refractivity contribution < 1.29 is 14.7 Å². The number of aryl methyl sites for hydroxylation is 1. The predicted octanol–water partition coefficient (Wildman–Crippen LogP) is 3.11. The second-order valence-electron chi connectivity index (χ2n) is 4.85. The smallest absolute Gasteiger partial charge is 0.336 e. The van der Waals surface area contributed by atoms with Crippen LogP contribution >= 0.6 is 0 Å². The Morgan fingerprint density at radius 2 is 1.52 bits per heavy atom. The van der Waals surface area contributed by atoms with Gasteiger partial charge in [0.1, 0.15) is 0 Å². The first-order valence-corrected chi connectivity index (χ1v) is 6.50. The zero-order chi connectivity index (χ0) is 15.0. The lowest BCUT2D eigenvalue weighted by Crippen LogP contribution is -2.09. The third kappa shape index (κ3) is 2.10. The highest BCUT2D eigenvalue weighted by Gasteiger charge is 2.20. The summed E-state index contributed by atoms with van der Waals surface area (Å²) >= 11 is 0. The molecule has 0 aliphatic rings. The topological polar surface area (TPSA) is 59.3 Å². The van der Waals surface area contributed by atoms with Crippen molar-refractivity contribution in [1.82, 2.24) is 4.57 Å². The highest BCUT2D eigenvalue weighted by Crippen LogP contribution is 2.24. The lowest BCUT2D eigenvalue weighted by atomic mass is 9.98. The Kier molecular flexibility index (Phi) is 3.06. The van der Waals surface area contributed by atoms with Gasteiger partial charge in [0.25, 0.3) is 0 Å². The van der Waals surface area contributed by atoms with Gasteiger partial charge in [0.2, 0.25) is 0 Å². The molecule has 1 N–H and O–H groups in total. The monoisotopic (exact) mass is 279 g/mol. The molecule has 0 radical (unpaired) electrons. The number of para-hydroxylation sites is 1. The Balaban J connectivity index is 2.20. The van der Waals surface area contributed by atoms with E-state index >= 15 is 0 Å². The van der Waals surface area contributed by atoms with Crippen molar-refractivity contribution >= 4 is 22.7 Å². The number of nitrogens with zero attached hydrogens (tertiary/aromatic N) is 1. The van der Waals surface area contributed by atoms with Crippen LogP contribution in [-0.4, -0.2) is 21.4 Å². The van der Waals surface area contributed by atoms with Gasteiger partial charge in [0.05, 0.1) is 5.56 Å². The summed E-state index contributed by atoms with van der Waals surface area (Å²) in [5.74, 6) is -1.37. The average Bonchev–Trinajstić information content (AvgIpc) is 2.84. The normalized spacial score (nSPS) is 10.7. The van der Waals surface area contributed by atoms with Gasteiger partial charge in [-0.05, 0) is 12.1 Å². The van der Waals surface area contributed by atoms with Gasteiger partial charge in [-0.3, -0.25) is 4.79 Å². The van der Waals surface area contributed by atoms with E-state index in [-0.39, 0.29) is 16.9 Å². The molecule has 3 rings (SSSR count). The van der Waals surface area contributed by atoms with E-state index in [1.807, 2.05) is 35.9 Å². The fourth-order valence-electron chi connectivity index (χ4n) is 2.54. The van der Waals surface area contributed by atoms with Crippen LogP contribution in [0.25, 0.3) is 10.9 Å². The van der Waals surface area contributed by atoms with Crippen molar-refractivity contribution in [1.29, 1.82) is 0 Å². The third-order valence-corrected chi connectivity index (χ3v) is 3.54. The molecule has 0 saturated carbocycles. The fraction of sp³-hybridized carbons (Fsp3) is 0.0588. The van der Waals surface area contributed by atoms with E-state index < -0.39 is 5.97 Å². The van der Waals surface area contributed by atoms with Crippen LogP contribution in [0.4, 0.5) is 0 Å². The molecule has 0 spiro atoms. The minimum Gasteiger partial charge on any atom is -0.478 e. The average molecular weight is 279 g/mol. The van der Waals surface area contributed by atoms with Crippen LogP contribution in [0, 0.1) is 0 Å². The standard InChI is InChI=1S/C17H13NO3/c1-18-10-14(11-6-4-5-9-15(11)18)16(19)12-7-2-3-8-13(12)17(20)21/h2-10H,1H3,(H,20,21). The number of ketones is 1. The second kappa shape index (κ2) is 4.90. The molecule has 104 valence electrons. The number of carboxylic acids is 1. The van der Waals surface area contributed by atoms with Gasteiger partial charge < -0.3 is 9.67 Å². The van der Waals surface area contributed by atoms with E-state index in [1.165, 1.54) is 6.07 Å².